The molecule has 1 N–H and O–H groups in total. The van der Waals surface area contributed by atoms with Gasteiger partial charge in [0.25, 0.3) is 0 Å². The first-order valence-electron chi connectivity index (χ1n) is 6.83. The van der Waals surface area contributed by atoms with Crippen LogP contribution in [0.15, 0.2) is 33.5 Å². The molecule has 0 atom stereocenters. The Morgan fingerprint density at radius 2 is 2.00 bits per heavy atom. The number of aromatic nitrogens is 2. The molecule has 0 aliphatic carbocycles. The number of rotatable bonds is 8. The number of anilines is 1. The largest absolute Gasteiger partial charge is 0.494 e. The van der Waals surface area contributed by atoms with E-state index in [1.165, 1.54) is 23.1 Å². The van der Waals surface area contributed by atoms with Gasteiger partial charge in [0, 0.05) is 4.90 Å². The van der Waals surface area contributed by atoms with E-state index in [1.807, 2.05) is 31.2 Å². The molecule has 0 aliphatic rings. The van der Waals surface area contributed by atoms with Crippen molar-refractivity contribution in [1.82, 2.24) is 10.2 Å². The van der Waals surface area contributed by atoms with E-state index in [0.29, 0.717) is 17.5 Å². The minimum Gasteiger partial charge on any atom is -0.494 e. The van der Waals surface area contributed by atoms with Crippen LogP contribution in [0.4, 0.5) is 5.13 Å². The van der Waals surface area contributed by atoms with Crippen LogP contribution >= 0.6 is 34.9 Å². The van der Waals surface area contributed by atoms with Crippen molar-refractivity contribution in [2.24, 2.45) is 0 Å². The number of nitrogens with one attached hydrogen (secondary N) is 1. The maximum atomic E-state index is 11.9. The van der Waals surface area contributed by atoms with Gasteiger partial charge >= 0.3 is 0 Å². The van der Waals surface area contributed by atoms with Crippen LogP contribution in [0.2, 0.25) is 0 Å². The van der Waals surface area contributed by atoms with Crippen molar-refractivity contribution in [2.75, 3.05) is 23.4 Å². The first kappa shape index (κ1) is 17.1. The summed E-state index contributed by atoms with van der Waals surface area (Å²) in [5, 5.41) is 11.3. The number of nitrogens with zero attached hydrogens (tertiary/aromatic N) is 2. The third-order valence-corrected chi connectivity index (χ3v) is 5.29. The maximum absolute atomic E-state index is 11.9. The number of carbonyl (C=O) groups is 1. The summed E-state index contributed by atoms with van der Waals surface area (Å²) < 4.78 is 6.26. The Morgan fingerprint density at radius 1 is 1.23 bits per heavy atom. The van der Waals surface area contributed by atoms with Crippen molar-refractivity contribution in [3.63, 3.8) is 0 Å². The van der Waals surface area contributed by atoms with Crippen molar-refractivity contribution >= 4 is 45.9 Å². The van der Waals surface area contributed by atoms with E-state index in [-0.39, 0.29) is 5.91 Å². The zero-order valence-electron chi connectivity index (χ0n) is 12.4. The predicted molar refractivity (Wildman–Crippen MR) is 93.3 cm³/mol. The second kappa shape index (κ2) is 9.02. The molecule has 5 nitrogen and oxygen atoms in total. The molecule has 2 aromatic rings. The normalized spacial score (nSPS) is 10.5. The van der Waals surface area contributed by atoms with Crippen molar-refractivity contribution in [3.8, 4) is 5.75 Å². The molecule has 0 spiro atoms. The predicted octanol–water partition coefficient (Wildman–Crippen LogP) is 3.78. The fourth-order valence-electron chi connectivity index (χ4n) is 1.55. The molecule has 2 rings (SSSR count). The topological polar surface area (TPSA) is 64.1 Å². The van der Waals surface area contributed by atoms with Crippen LogP contribution in [-0.2, 0) is 4.79 Å². The lowest BCUT2D eigenvalue weighted by Gasteiger charge is -2.04. The highest BCUT2D eigenvalue weighted by atomic mass is 32.2. The van der Waals surface area contributed by atoms with E-state index < -0.39 is 0 Å². The lowest BCUT2D eigenvalue weighted by Crippen LogP contribution is -2.13. The zero-order valence-corrected chi connectivity index (χ0v) is 14.8. The minimum absolute atomic E-state index is 0.0805. The average Bonchev–Trinajstić information content (AvgIpc) is 2.94. The summed E-state index contributed by atoms with van der Waals surface area (Å²) in [5.41, 5.74) is 0. The molecule has 1 aromatic heterocycles. The Kier molecular flexibility index (Phi) is 7.01. The number of benzene rings is 1. The van der Waals surface area contributed by atoms with Crippen molar-refractivity contribution in [3.05, 3.63) is 24.3 Å². The third kappa shape index (κ3) is 5.51. The van der Waals surface area contributed by atoms with Crippen molar-refractivity contribution < 1.29 is 9.53 Å². The van der Waals surface area contributed by atoms with Gasteiger partial charge in [-0.1, -0.05) is 30.0 Å². The van der Waals surface area contributed by atoms with E-state index in [4.69, 9.17) is 4.74 Å². The Labute approximate surface area is 142 Å². The third-order valence-electron chi connectivity index (χ3n) is 2.43. The van der Waals surface area contributed by atoms with Gasteiger partial charge in [-0.2, -0.15) is 0 Å². The Balaban J connectivity index is 1.79. The van der Waals surface area contributed by atoms with Gasteiger partial charge in [-0.05, 0) is 36.9 Å². The molecular formula is C14H17N3O2S3. The second-order valence-corrected chi connectivity index (χ2v) is 7.58. The van der Waals surface area contributed by atoms with Gasteiger partial charge in [0.2, 0.25) is 11.0 Å². The number of thioether (sulfide) groups is 2. The monoisotopic (exact) mass is 355 g/mol. The molecule has 0 fully saturated rings. The molecule has 1 heterocycles. The van der Waals surface area contributed by atoms with Gasteiger partial charge < -0.3 is 4.74 Å². The molecule has 0 saturated heterocycles. The van der Waals surface area contributed by atoms with Gasteiger partial charge in [0.15, 0.2) is 4.34 Å². The highest BCUT2D eigenvalue weighted by Crippen LogP contribution is 2.26. The van der Waals surface area contributed by atoms with E-state index in [0.717, 1.165) is 20.7 Å². The van der Waals surface area contributed by atoms with Crippen LogP contribution in [0, 0.1) is 0 Å². The molecule has 0 bridgehead atoms. The van der Waals surface area contributed by atoms with Gasteiger partial charge in [-0.25, -0.2) is 0 Å². The molecule has 22 heavy (non-hydrogen) atoms. The van der Waals surface area contributed by atoms with Crippen LogP contribution in [0.25, 0.3) is 0 Å². The number of ether oxygens (including phenoxy) is 1. The Bertz CT molecular complexity index is 602. The van der Waals surface area contributed by atoms with E-state index in [9.17, 15) is 4.79 Å². The summed E-state index contributed by atoms with van der Waals surface area (Å²) in [6, 6.07) is 7.71. The highest BCUT2D eigenvalue weighted by Gasteiger charge is 2.08. The molecule has 1 aromatic carbocycles. The SMILES string of the molecule is CCOc1ccc(SCC(=O)Nc2nnc(SCC)s2)cc1. The van der Waals surface area contributed by atoms with E-state index in [2.05, 4.69) is 22.4 Å². The Hall–Kier alpha value is -1.25. The first-order valence-corrected chi connectivity index (χ1v) is 9.61. The maximum Gasteiger partial charge on any atom is 0.236 e. The summed E-state index contributed by atoms with van der Waals surface area (Å²) in [6.45, 7) is 4.65. The number of carbonyl (C=O) groups excluding carboxylic acids is 1. The van der Waals surface area contributed by atoms with Gasteiger partial charge in [-0.3, -0.25) is 10.1 Å². The molecule has 8 heteroatoms. The average molecular weight is 356 g/mol. The van der Waals surface area contributed by atoms with Crippen LogP contribution in [-0.4, -0.2) is 34.2 Å². The summed E-state index contributed by atoms with van der Waals surface area (Å²) in [5.74, 6) is 2.04. The smallest absolute Gasteiger partial charge is 0.236 e. The molecule has 0 saturated carbocycles. The van der Waals surface area contributed by atoms with E-state index in [1.54, 1.807) is 11.8 Å². The number of hydrogen-bond donors (Lipinski definition) is 1. The molecule has 0 radical (unpaired) electrons. The van der Waals surface area contributed by atoms with Crippen molar-refractivity contribution in [2.45, 2.75) is 23.1 Å². The van der Waals surface area contributed by atoms with Crippen LogP contribution in [0.1, 0.15) is 13.8 Å². The first-order chi connectivity index (χ1) is 10.7. The standard InChI is InChI=1S/C14H17N3O2S3/c1-3-19-10-5-7-11(8-6-10)21-9-12(18)15-13-16-17-14(22-13)20-4-2/h5-8H,3-4,9H2,1-2H3,(H,15,16,18). The van der Waals surface area contributed by atoms with Crippen molar-refractivity contribution in [1.29, 1.82) is 0 Å². The number of hydrogen-bond acceptors (Lipinski definition) is 7. The second-order valence-electron chi connectivity index (χ2n) is 4.05. The molecule has 118 valence electrons. The van der Waals surface area contributed by atoms with Crippen LogP contribution in [0.3, 0.4) is 0 Å². The lowest BCUT2D eigenvalue weighted by molar-refractivity contribution is -0.113. The molecular weight excluding hydrogens is 338 g/mol. The van der Waals surface area contributed by atoms with E-state index >= 15 is 0 Å². The summed E-state index contributed by atoms with van der Waals surface area (Å²) in [7, 11) is 0. The summed E-state index contributed by atoms with van der Waals surface area (Å²) >= 11 is 4.49. The number of amides is 1. The van der Waals surface area contributed by atoms with Gasteiger partial charge in [0.05, 0.1) is 12.4 Å². The van der Waals surface area contributed by atoms with Gasteiger partial charge in [-0.15, -0.1) is 22.0 Å². The molecule has 1 amide bonds. The zero-order chi connectivity index (χ0) is 15.8. The fourth-order valence-corrected chi connectivity index (χ4v) is 3.91. The summed E-state index contributed by atoms with van der Waals surface area (Å²) in [6.07, 6.45) is 0. The summed E-state index contributed by atoms with van der Waals surface area (Å²) in [4.78, 5) is 12.9. The molecule has 0 unspecified atom stereocenters. The lowest BCUT2D eigenvalue weighted by atomic mass is 10.3. The molecule has 0 aliphatic heterocycles. The Morgan fingerprint density at radius 3 is 2.68 bits per heavy atom. The van der Waals surface area contributed by atoms with Gasteiger partial charge in [0.1, 0.15) is 5.75 Å². The van der Waals surface area contributed by atoms with Crippen LogP contribution < -0.4 is 10.1 Å². The highest BCUT2D eigenvalue weighted by molar-refractivity contribution is 8.01. The minimum atomic E-state index is -0.0805. The quantitative estimate of drug-likeness (QED) is 0.574. The van der Waals surface area contributed by atoms with Crippen LogP contribution in [0.5, 0.6) is 5.75 Å². The fraction of sp³-hybridized carbons (Fsp3) is 0.357.